The molecule has 1 unspecified atom stereocenters. The molecule has 4 rings (SSSR count). The molecule has 3 aromatic rings. The number of hydrogen-bond acceptors (Lipinski definition) is 6. The lowest BCUT2D eigenvalue weighted by molar-refractivity contribution is -0.119. The zero-order valence-electron chi connectivity index (χ0n) is 20.3. The summed E-state index contributed by atoms with van der Waals surface area (Å²) in [5.74, 6) is 0.441. The Kier molecular flexibility index (Phi) is 8.47. The number of benzene rings is 2. The fourth-order valence-corrected chi connectivity index (χ4v) is 5.08. The van der Waals surface area contributed by atoms with Crippen LogP contribution in [-0.2, 0) is 11.2 Å². The standard InChI is InChI=1S/C27H32N4O3S/c1-3-4-5-6-8-19-10-12-21(13-11-19)26(33)31-18-7-9-23(31)24(32)28-27-30-29-25(35-27)20-14-16-22(34-2)17-15-20/h10-17,23H,3-9,18H2,1-2H3,(H,28,30,32). The number of nitrogens with one attached hydrogen (secondary N) is 1. The van der Waals surface area contributed by atoms with Crippen LogP contribution in [0.25, 0.3) is 10.6 Å². The first kappa shape index (κ1) is 24.9. The monoisotopic (exact) mass is 492 g/mol. The van der Waals surface area contributed by atoms with Gasteiger partial charge in [-0.15, -0.1) is 10.2 Å². The third kappa shape index (κ3) is 6.25. The normalized spacial score (nSPS) is 15.3. The molecule has 1 aliphatic heterocycles. The van der Waals surface area contributed by atoms with Gasteiger partial charge >= 0.3 is 0 Å². The van der Waals surface area contributed by atoms with Gasteiger partial charge < -0.3 is 9.64 Å². The second-order valence-electron chi connectivity index (χ2n) is 8.79. The van der Waals surface area contributed by atoms with E-state index in [4.69, 9.17) is 4.74 Å². The van der Waals surface area contributed by atoms with Crippen LogP contribution in [0.15, 0.2) is 48.5 Å². The zero-order valence-corrected chi connectivity index (χ0v) is 21.1. The number of ether oxygens (including phenoxy) is 1. The average Bonchev–Trinajstić information content (AvgIpc) is 3.57. The first-order valence-corrected chi connectivity index (χ1v) is 13.1. The molecule has 1 aromatic heterocycles. The van der Waals surface area contributed by atoms with Crippen LogP contribution in [0.3, 0.4) is 0 Å². The molecule has 2 aromatic carbocycles. The number of carbonyl (C=O) groups is 2. The van der Waals surface area contributed by atoms with Crippen molar-refractivity contribution in [2.24, 2.45) is 0 Å². The highest BCUT2D eigenvalue weighted by Crippen LogP contribution is 2.29. The molecule has 184 valence electrons. The molecule has 1 fully saturated rings. The number of aromatic nitrogens is 2. The van der Waals surface area contributed by atoms with E-state index in [-0.39, 0.29) is 11.8 Å². The molecule has 0 saturated carbocycles. The van der Waals surface area contributed by atoms with Crippen LogP contribution in [0.1, 0.15) is 61.4 Å². The van der Waals surface area contributed by atoms with Crippen LogP contribution in [0, 0.1) is 0 Å². The second-order valence-corrected chi connectivity index (χ2v) is 9.77. The maximum Gasteiger partial charge on any atom is 0.254 e. The number of anilines is 1. The van der Waals surface area contributed by atoms with Gasteiger partial charge in [0.15, 0.2) is 0 Å². The van der Waals surface area contributed by atoms with E-state index in [2.05, 4.69) is 22.4 Å². The average molecular weight is 493 g/mol. The number of hydrogen-bond donors (Lipinski definition) is 1. The summed E-state index contributed by atoms with van der Waals surface area (Å²) in [4.78, 5) is 27.9. The number of likely N-dealkylation sites (tertiary alicyclic amines) is 1. The molecule has 0 bridgehead atoms. The lowest BCUT2D eigenvalue weighted by Gasteiger charge is -2.23. The minimum atomic E-state index is -0.510. The van der Waals surface area contributed by atoms with Crippen LogP contribution in [0.5, 0.6) is 5.75 Å². The fraction of sp³-hybridized carbons (Fsp3) is 0.407. The van der Waals surface area contributed by atoms with Crippen molar-refractivity contribution in [3.05, 3.63) is 59.7 Å². The molecule has 1 aliphatic rings. The van der Waals surface area contributed by atoms with Gasteiger partial charge in [0.25, 0.3) is 5.91 Å². The van der Waals surface area contributed by atoms with E-state index in [0.29, 0.717) is 28.7 Å². The van der Waals surface area contributed by atoms with Gasteiger partial charge in [0.1, 0.15) is 16.8 Å². The van der Waals surface area contributed by atoms with Crippen molar-refractivity contribution in [1.82, 2.24) is 15.1 Å². The lowest BCUT2D eigenvalue weighted by Crippen LogP contribution is -2.43. The van der Waals surface area contributed by atoms with Crippen molar-refractivity contribution in [3.8, 4) is 16.3 Å². The summed E-state index contributed by atoms with van der Waals surface area (Å²) in [6.45, 7) is 2.78. The molecule has 2 heterocycles. The van der Waals surface area contributed by atoms with Gasteiger partial charge in [0, 0.05) is 17.7 Å². The number of carbonyl (C=O) groups excluding carboxylic acids is 2. The summed E-state index contributed by atoms with van der Waals surface area (Å²) in [6.07, 6.45) is 7.35. The van der Waals surface area contributed by atoms with Crippen LogP contribution >= 0.6 is 11.3 Å². The summed E-state index contributed by atoms with van der Waals surface area (Å²) in [5.41, 5.74) is 2.77. The van der Waals surface area contributed by atoms with E-state index in [1.165, 1.54) is 42.6 Å². The highest BCUT2D eigenvalue weighted by molar-refractivity contribution is 7.18. The fourth-order valence-electron chi connectivity index (χ4n) is 4.33. The summed E-state index contributed by atoms with van der Waals surface area (Å²) in [6, 6.07) is 14.8. The first-order chi connectivity index (χ1) is 17.1. The predicted octanol–water partition coefficient (Wildman–Crippen LogP) is 5.58. The lowest BCUT2D eigenvalue weighted by atomic mass is 10.0. The molecular weight excluding hydrogens is 460 g/mol. The van der Waals surface area contributed by atoms with Crippen LogP contribution in [0.2, 0.25) is 0 Å². The quantitative estimate of drug-likeness (QED) is 0.374. The minimum Gasteiger partial charge on any atom is -0.497 e. The molecule has 0 aliphatic carbocycles. The summed E-state index contributed by atoms with van der Waals surface area (Å²) < 4.78 is 5.19. The van der Waals surface area contributed by atoms with Gasteiger partial charge in [-0.2, -0.15) is 0 Å². The van der Waals surface area contributed by atoms with Gasteiger partial charge in [-0.25, -0.2) is 0 Å². The Balaban J connectivity index is 1.36. The van der Waals surface area contributed by atoms with Gasteiger partial charge in [-0.3, -0.25) is 14.9 Å². The predicted molar refractivity (Wildman–Crippen MR) is 139 cm³/mol. The Labute approximate surface area is 210 Å². The van der Waals surface area contributed by atoms with E-state index in [1.54, 1.807) is 12.0 Å². The zero-order chi connectivity index (χ0) is 24.6. The Hall–Kier alpha value is -3.26. The molecule has 35 heavy (non-hydrogen) atoms. The molecule has 1 saturated heterocycles. The summed E-state index contributed by atoms with van der Waals surface area (Å²) in [7, 11) is 1.62. The van der Waals surface area contributed by atoms with Crippen LogP contribution < -0.4 is 10.1 Å². The van der Waals surface area contributed by atoms with E-state index in [9.17, 15) is 9.59 Å². The smallest absolute Gasteiger partial charge is 0.254 e. The van der Waals surface area contributed by atoms with Gasteiger partial charge in [0.05, 0.1) is 7.11 Å². The highest BCUT2D eigenvalue weighted by atomic mass is 32.1. The SMILES string of the molecule is CCCCCCc1ccc(C(=O)N2CCCC2C(=O)Nc2nnc(-c3ccc(OC)cc3)s2)cc1. The Morgan fingerprint density at radius 1 is 1.06 bits per heavy atom. The first-order valence-electron chi connectivity index (χ1n) is 12.3. The van der Waals surface area contributed by atoms with Crippen LogP contribution in [-0.4, -0.2) is 46.6 Å². The van der Waals surface area contributed by atoms with Crippen molar-refractivity contribution < 1.29 is 14.3 Å². The van der Waals surface area contributed by atoms with Crippen molar-refractivity contribution in [3.63, 3.8) is 0 Å². The number of methoxy groups -OCH3 is 1. The third-order valence-corrected chi connectivity index (χ3v) is 7.22. The van der Waals surface area contributed by atoms with E-state index >= 15 is 0 Å². The Morgan fingerprint density at radius 2 is 1.83 bits per heavy atom. The van der Waals surface area contributed by atoms with Crippen molar-refractivity contribution >= 4 is 28.3 Å². The largest absolute Gasteiger partial charge is 0.497 e. The molecule has 1 atom stereocenters. The highest BCUT2D eigenvalue weighted by Gasteiger charge is 2.35. The van der Waals surface area contributed by atoms with Crippen LogP contribution in [0.4, 0.5) is 5.13 Å². The summed E-state index contributed by atoms with van der Waals surface area (Å²) >= 11 is 1.31. The molecule has 0 radical (unpaired) electrons. The van der Waals surface area contributed by atoms with Gasteiger partial charge in [-0.1, -0.05) is 49.7 Å². The molecular formula is C27H32N4O3S. The Bertz CT molecular complexity index is 1130. The van der Waals surface area contributed by atoms with Crippen molar-refractivity contribution in [2.75, 3.05) is 19.0 Å². The van der Waals surface area contributed by atoms with Gasteiger partial charge in [-0.05, 0) is 67.6 Å². The number of unbranched alkanes of at least 4 members (excludes halogenated alkanes) is 3. The minimum absolute atomic E-state index is 0.101. The van der Waals surface area contributed by atoms with Gasteiger partial charge in [0.2, 0.25) is 11.0 Å². The van der Waals surface area contributed by atoms with E-state index in [0.717, 1.165) is 24.2 Å². The second kappa shape index (κ2) is 11.9. The van der Waals surface area contributed by atoms with Crippen molar-refractivity contribution in [2.45, 2.75) is 57.9 Å². The molecule has 8 heteroatoms. The van der Waals surface area contributed by atoms with Crippen molar-refractivity contribution in [1.29, 1.82) is 0 Å². The number of rotatable bonds is 10. The third-order valence-electron chi connectivity index (χ3n) is 6.33. The van der Waals surface area contributed by atoms with E-state index in [1.807, 2.05) is 48.5 Å². The van der Waals surface area contributed by atoms with E-state index < -0.39 is 6.04 Å². The summed E-state index contributed by atoms with van der Waals surface area (Å²) in [5, 5.41) is 12.3. The molecule has 7 nitrogen and oxygen atoms in total. The Morgan fingerprint density at radius 3 is 2.54 bits per heavy atom. The maximum atomic E-state index is 13.2. The topological polar surface area (TPSA) is 84.4 Å². The number of aryl methyl sites for hydroxylation is 1. The molecule has 2 amide bonds. The number of nitrogens with zero attached hydrogens (tertiary/aromatic N) is 3. The number of amides is 2. The molecule has 0 spiro atoms. The maximum absolute atomic E-state index is 13.2. The molecule has 1 N–H and O–H groups in total.